The van der Waals surface area contributed by atoms with Crippen LogP contribution in [0.5, 0.6) is 0 Å². The minimum atomic E-state index is -0.463. The number of aromatic nitrogens is 4. The van der Waals surface area contributed by atoms with E-state index in [0.29, 0.717) is 11.6 Å². The molecule has 0 fully saturated rings. The minimum absolute atomic E-state index is 0.248. The molecule has 0 aromatic carbocycles. The molecule has 3 aromatic heterocycles. The van der Waals surface area contributed by atoms with Crippen molar-refractivity contribution in [1.82, 2.24) is 19.4 Å². The van der Waals surface area contributed by atoms with Crippen LogP contribution in [0, 0.1) is 5.82 Å². The lowest BCUT2D eigenvalue weighted by molar-refractivity contribution is 0.617. The Kier molecular flexibility index (Phi) is 2.40. The first-order valence-corrected chi connectivity index (χ1v) is 5.42. The zero-order chi connectivity index (χ0) is 12.5. The molecular weight excluding hydrogens is 233 g/mol. The Bertz CT molecular complexity index is 707. The molecule has 0 amide bonds. The molecular formula is C12H10FN5. The molecule has 18 heavy (non-hydrogen) atoms. The first-order chi connectivity index (χ1) is 8.79. The largest absolute Gasteiger partial charge is 0.357 e. The summed E-state index contributed by atoms with van der Waals surface area (Å²) in [6.45, 7) is 0. The summed E-state index contributed by atoms with van der Waals surface area (Å²) >= 11 is 0. The van der Waals surface area contributed by atoms with E-state index < -0.39 is 5.82 Å². The van der Waals surface area contributed by atoms with E-state index >= 15 is 0 Å². The van der Waals surface area contributed by atoms with Crippen LogP contribution in [-0.2, 0) is 0 Å². The van der Waals surface area contributed by atoms with Gasteiger partial charge in [-0.3, -0.25) is 4.40 Å². The van der Waals surface area contributed by atoms with Crippen LogP contribution in [0.1, 0.15) is 0 Å². The van der Waals surface area contributed by atoms with E-state index in [9.17, 15) is 4.39 Å². The van der Waals surface area contributed by atoms with Crippen molar-refractivity contribution in [3.63, 3.8) is 0 Å². The SMILES string of the molecule is CNc1ncc(F)c(-c2cccc3nccn23)n1. The molecule has 3 aromatic rings. The van der Waals surface area contributed by atoms with Crippen molar-refractivity contribution < 1.29 is 4.39 Å². The molecule has 0 aliphatic heterocycles. The zero-order valence-corrected chi connectivity index (χ0v) is 9.63. The monoisotopic (exact) mass is 243 g/mol. The van der Waals surface area contributed by atoms with E-state index in [0.717, 1.165) is 11.8 Å². The Morgan fingerprint density at radius 1 is 1.28 bits per heavy atom. The highest BCUT2D eigenvalue weighted by Crippen LogP contribution is 2.21. The van der Waals surface area contributed by atoms with Crippen molar-refractivity contribution >= 4 is 11.6 Å². The fraction of sp³-hybridized carbons (Fsp3) is 0.0833. The number of anilines is 1. The predicted octanol–water partition coefficient (Wildman–Crippen LogP) is 1.97. The van der Waals surface area contributed by atoms with Crippen LogP contribution in [0.4, 0.5) is 10.3 Å². The molecule has 90 valence electrons. The van der Waals surface area contributed by atoms with E-state index in [1.54, 1.807) is 29.9 Å². The molecule has 3 heterocycles. The summed E-state index contributed by atoms with van der Waals surface area (Å²) in [6, 6.07) is 5.46. The number of pyridine rings is 1. The van der Waals surface area contributed by atoms with Gasteiger partial charge in [0.05, 0.1) is 11.9 Å². The van der Waals surface area contributed by atoms with Gasteiger partial charge >= 0.3 is 0 Å². The Morgan fingerprint density at radius 2 is 2.17 bits per heavy atom. The van der Waals surface area contributed by atoms with Crippen LogP contribution in [-0.4, -0.2) is 26.4 Å². The molecule has 6 heteroatoms. The van der Waals surface area contributed by atoms with Crippen LogP contribution < -0.4 is 5.32 Å². The van der Waals surface area contributed by atoms with E-state index in [1.165, 1.54) is 0 Å². The average molecular weight is 243 g/mol. The van der Waals surface area contributed by atoms with Crippen molar-refractivity contribution in [2.24, 2.45) is 0 Å². The molecule has 0 saturated heterocycles. The summed E-state index contributed by atoms with van der Waals surface area (Å²) in [5.74, 6) is -0.0845. The highest BCUT2D eigenvalue weighted by Gasteiger charge is 2.12. The maximum atomic E-state index is 13.8. The number of hydrogen-bond donors (Lipinski definition) is 1. The van der Waals surface area contributed by atoms with Gasteiger partial charge in [-0.05, 0) is 12.1 Å². The average Bonchev–Trinajstić information content (AvgIpc) is 2.87. The lowest BCUT2D eigenvalue weighted by atomic mass is 10.2. The van der Waals surface area contributed by atoms with Crippen molar-refractivity contribution in [2.75, 3.05) is 12.4 Å². The molecule has 1 N–H and O–H groups in total. The molecule has 0 bridgehead atoms. The third-order valence-corrected chi connectivity index (χ3v) is 2.64. The maximum absolute atomic E-state index is 13.8. The normalized spacial score (nSPS) is 10.8. The first-order valence-electron chi connectivity index (χ1n) is 5.42. The van der Waals surface area contributed by atoms with Crippen LogP contribution in [0.25, 0.3) is 17.0 Å². The van der Waals surface area contributed by atoms with E-state index in [4.69, 9.17) is 0 Å². The standard InChI is InChI=1S/C12H10FN5/c1-14-12-16-7-8(13)11(17-12)9-3-2-4-10-15-5-6-18(9)10/h2-7H,1H3,(H,14,16,17). The number of imidazole rings is 1. The molecule has 0 unspecified atom stereocenters. The van der Waals surface area contributed by atoms with Gasteiger partial charge in [0, 0.05) is 19.4 Å². The van der Waals surface area contributed by atoms with Crippen LogP contribution in [0.15, 0.2) is 36.8 Å². The Hall–Kier alpha value is -2.50. The fourth-order valence-corrected chi connectivity index (χ4v) is 1.81. The summed E-state index contributed by atoms with van der Waals surface area (Å²) in [4.78, 5) is 12.1. The summed E-state index contributed by atoms with van der Waals surface area (Å²) < 4.78 is 15.6. The van der Waals surface area contributed by atoms with Crippen LogP contribution in [0.2, 0.25) is 0 Å². The number of fused-ring (bicyclic) bond motifs is 1. The summed E-state index contributed by atoms with van der Waals surface area (Å²) in [6.07, 6.45) is 4.59. The zero-order valence-electron chi connectivity index (χ0n) is 9.63. The van der Waals surface area contributed by atoms with Gasteiger partial charge in [-0.15, -0.1) is 0 Å². The van der Waals surface area contributed by atoms with Gasteiger partial charge < -0.3 is 5.32 Å². The Labute approximate surface area is 102 Å². The topological polar surface area (TPSA) is 55.1 Å². The number of rotatable bonds is 2. The van der Waals surface area contributed by atoms with Crippen molar-refractivity contribution in [3.8, 4) is 11.4 Å². The highest BCUT2D eigenvalue weighted by atomic mass is 19.1. The number of nitrogens with one attached hydrogen (secondary N) is 1. The van der Waals surface area contributed by atoms with Crippen molar-refractivity contribution in [2.45, 2.75) is 0 Å². The number of hydrogen-bond acceptors (Lipinski definition) is 4. The van der Waals surface area contributed by atoms with Gasteiger partial charge in [0.1, 0.15) is 11.3 Å². The number of halogens is 1. The predicted molar refractivity (Wildman–Crippen MR) is 65.7 cm³/mol. The van der Waals surface area contributed by atoms with Gasteiger partial charge in [0.25, 0.3) is 0 Å². The maximum Gasteiger partial charge on any atom is 0.223 e. The van der Waals surface area contributed by atoms with Gasteiger partial charge in [-0.2, -0.15) is 0 Å². The van der Waals surface area contributed by atoms with Gasteiger partial charge in [0.15, 0.2) is 5.82 Å². The number of nitrogens with zero attached hydrogens (tertiary/aromatic N) is 4. The molecule has 0 saturated carbocycles. The van der Waals surface area contributed by atoms with Gasteiger partial charge in [0.2, 0.25) is 5.95 Å². The highest BCUT2D eigenvalue weighted by molar-refractivity contribution is 5.61. The lowest BCUT2D eigenvalue weighted by Crippen LogP contribution is -2.02. The van der Waals surface area contributed by atoms with Crippen LogP contribution >= 0.6 is 0 Å². The molecule has 0 spiro atoms. The molecule has 0 aliphatic rings. The second-order valence-corrected chi connectivity index (χ2v) is 3.71. The van der Waals surface area contributed by atoms with Crippen LogP contribution in [0.3, 0.4) is 0 Å². The molecule has 0 radical (unpaired) electrons. The third-order valence-electron chi connectivity index (χ3n) is 2.64. The summed E-state index contributed by atoms with van der Waals surface area (Å²) in [7, 11) is 1.69. The first kappa shape index (κ1) is 10.6. The Morgan fingerprint density at radius 3 is 3.00 bits per heavy atom. The Balaban J connectivity index is 2.28. The third kappa shape index (κ3) is 1.58. The van der Waals surface area contributed by atoms with E-state index in [1.807, 2.05) is 12.1 Å². The van der Waals surface area contributed by atoms with Gasteiger partial charge in [-0.1, -0.05) is 6.07 Å². The van der Waals surface area contributed by atoms with E-state index in [-0.39, 0.29) is 5.69 Å². The van der Waals surface area contributed by atoms with Crippen molar-refractivity contribution in [3.05, 3.63) is 42.6 Å². The quantitative estimate of drug-likeness (QED) is 0.747. The summed E-state index contributed by atoms with van der Waals surface area (Å²) in [5.41, 5.74) is 1.64. The molecule has 5 nitrogen and oxygen atoms in total. The lowest BCUT2D eigenvalue weighted by Gasteiger charge is -2.07. The van der Waals surface area contributed by atoms with Crippen molar-refractivity contribution in [1.29, 1.82) is 0 Å². The fourth-order valence-electron chi connectivity index (χ4n) is 1.81. The molecule has 0 atom stereocenters. The smallest absolute Gasteiger partial charge is 0.223 e. The molecule has 0 aliphatic carbocycles. The summed E-state index contributed by atoms with van der Waals surface area (Å²) in [5, 5.41) is 2.79. The van der Waals surface area contributed by atoms with Gasteiger partial charge in [-0.25, -0.2) is 19.3 Å². The minimum Gasteiger partial charge on any atom is -0.357 e. The van der Waals surface area contributed by atoms with E-state index in [2.05, 4.69) is 20.3 Å². The second-order valence-electron chi connectivity index (χ2n) is 3.71. The second kappa shape index (κ2) is 4.06. The molecule has 3 rings (SSSR count).